The zero-order valence-electron chi connectivity index (χ0n) is 12.8. The Hall–Kier alpha value is -2.80. The Kier molecular flexibility index (Phi) is 6.51. The van der Waals surface area contributed by atoms with Gasteiger partial charge in [-0.2, -0.15) is 0 Å². The van der Waals surface area contributed by atoms with E-state index in [2.05, 4.69) is 60.5 Å². The summed E-state index contributed by atoms with van der Waals surface area (Å²) in [6.45, 7) is 0. The predicted octanol–water partition coefficient (Wildman–Crippen LogP) is 5.70. The molecule has 0 fully saturated rings. The first kappa shape index (κ1) is 15.6. The first-order valence-corrected chi connectivity index (χ1v) is 7.38. The fourth-order valence-corrected chi connectivity index (χ4v) is 1.97. The van der Waals surface area contributed by atoms with Gasteiger partial charge in [0.1, 0.15) is 0 Å². The highest BCUT2D eigenvalue weighted by Gasteiger charge is 1.99. The molecular formula is C21H21N. The van der Waals surface area contributed by atoms with E-state index in [0.717, 1.165) is 11.4 Å². The predicted molar refractivity (Wildman–Crippen MR) is 96.2 cm³/mol. The zero-order chi connectivity index (χ0) is 15.5. The van der Waals surface area contributed by atoms with Crippen LogP contribution in [-0.2, 0) is 0 Å². The average Bonchev–Trinajstić information content (AvgIpc) is 2.56. The van der Waals surface area contributed by atoms with Crippen LogP contribution in [0.2, 0.25) is 0 Å². The number of hydrogen-bond acceptors (Lipinski definition) is 1. The lowest BCUT2D eigenvalue weighted by molar-refractivity contribution is 1.21. The molecule has 0 heterocycles. The van der Waals surface area contributed by atoms with Crippen molar-refractivity contribution in [3.8, 4) is 0 Å². The van der Waals surface area contributed by atoms with Gasteiger partial charge in [-0.1, -0.05) is 84.9 Å². The molecule has 1 nitrogen and oxygen atoms in total. The molecule has 0 aliphatic heterocycles. The Morgan fingerprint density at radius 2 is 0.636 bits per heavy atom. The second kappa shape index (κ2) is 9.19. The number of anilines is 2. The molecule has 0 bridgehead atoms. The summed E-state index contributed by atoms with van der Waals surface area (Å²) >= 11 is 0. The molecule has 0 unspecified atom stereocenters. The zero-order valence-corrected chi connectivity index (χ0v) is 12.8. The molecule has 0 aliphatic rings. The molecule has 2 aromatic rings. The topological polar surface area (TPSA) is 3.24 Å². The summed E-state index contributed by atoms with van der Waals surface area (Å²) in [5, 5.41) is 0. The molecule has 1 heteroatoms. The highest BCUT2D eigenvalue weighted by Crippen LogP contribution is 2.20. The van der Waals surface area contributed by atoms with Crippen LogP contribution in [0.3, 0.4) is 0 Å². The monoisotopic (exact) mass is 287 g/mol. The van der Waals surface area contributed by atoms with Crippen molar-refractivity contribution in [2.45, 2.75) is 0 Å². The molecule has 0 radical (unpaired) electrons. The van der Waals surface area contributed by atoms with Crippen molar-refractivity contribution in [3.05, 3.63) is 109 Å². The lowest BCUT2D eigenvalue weighted by Gasteiger charge is -2.18. The van der Waals surface area contributed by atoms with E-state index in [4.69, 9.17) is 0 Å². The molecule has 2 rings (SSSR count). The smallest absolute Gasteiger partial charge is 0.0408 e. The average molecular weight is 287 g/mol. The van der Waals surface area contributed by atoms with Gasteiger partial charge in [0.15, 0.2) is 0 Å². The van der Waals surface area contributed by atoms with E-state index in [-0.39, 0.29) is 0 Å². The summed E-state index contributed by atoms with van der Waals surface area (Å²) in [7, 11) is 2.07. The van der Waals surface area contributed by atoms with Gasteiger partial charge in [-0.25, -0.2) is 0 Å². The molecule has 0 saturated heterocycles. The van der Waals surface area contributed by atoms with Crippen molar-refractivity contribution < 1.29 is 0 Å². The molecular weight excluding hydrogens is 266 g/mol. The molecule has 0 atom stereocenters. The van der Waals surface area contributed by atoms with E-state index >= 15 is 0 Å². The van der Waals surface area contributed by atoms with Gasteiger partial charge in [0.2, 0.25) is 0 Å². The summed E-state index contributed by atoms with van der Waals surface area (Å²) < 4.78 is 0. The molecule has 0 N–H and O–H groups in total. The summed E-state index contributed by atoms with van der Waals surface area (Å²) in [4.78, 5) is 2.17. The van der Waals surface area contributed by atoms with Gasteiger partial charge in [0.25, 0.3) is 0 Å². The molecule has 0 aliphatic carbocycles. The van der Waals surface area contributed by atoms with Crippen LogP contribution >= 0.6 is 0 Å². The SMILES string of the molecule is CN(c1ccccccccc1)c1ccccccccc1. The Balaban J connectivity index is 2.46. The number of rotatable bonds is 2. The minimum atomic E-state index is 1.12. The first-order chi connectivity index (χ1) is 10.9. The van der Waals surface area contributed by atoms with Crippen LogP contribution in [0.5, 0.6) is 0 Å². The van der Waals surface area contributed by atoms with Crippen molar-refractivity contribution in [2.24, 2.45) is 0 Å². The van der Waals surface area contributed by atoms with Gasteiger partial charge >= 0.3 is 0 Å². The Bertz CT molecular complexity index is 581. The molecule has 0 amide bonds. The second-order valence-corrected chi connectivity index (χ2v) is 4.77. The van der Waals surface area contributed by atoms with Crippen LogP contribution in [0, 0.1) is 0 Å². The summed E-state index contributed by atoms with van der Waals surface area (Å²) in [6, 6.07) is 36.8. The van der Waals surface area contributed by atoms with Gasteiger partial charge in [0, 0.05) is 18.4 Å². The molecule has 2 aromatic carbocycles. The van der Waals surface area contributed by atoms with E-state index < -0.39 is 0 Å². The summed E-state index contributed by atoms with van der Waals surface area (Å²) in [5.74, 6) is 0. The Labute approximate surface area is 133 Å². The van der Waals surface area contributed by atoms with E-state index in [1.165, 1.54) is 0 Å². The maximum absolute atomic E-state index is 2.17. The lowest BCUT2D eigenvalue weighted by Crippen LogP contribution is -2.07. The molecule has 110 valence electrons. The highest BCUT2D eigenvalue weighted by molar-refractivity contribution is 5.60. The largest absolute Gasteiger partial charge is 0.345 e. The summed E-state index contributed by atoms with van der Waals surface area (Å²) in [5.41, 5.74) is 2.24. The minimum absolute atomic E-state index is 1.12. The lowest BCUT2D eigenvalue weighted by atomic mass is 10.3. The number of hydrogen-bond donors (Lipinski definition) is 0. The third-order valence-corrected chi connectivity index (χ3v) is 3.18. The first-order valence-electron chi connectivity index (χ1n) is 7.38. The highest BCUT2D eigenvalue weighted by atomic mass is 15.1. The maximum atomic E-state index is 2.17. The second-order valence-electron chi connectivity index (χ2n) is 4.77. The standard InChI is InChI=1S/C21H21N/c1-22(20-16-12-8-4-2-5-9-13-17-20)21-18-14-10-6-3-7-11-15-19-21/h2-19H,1H3. The third kappa shape index (κ3) is 5.29. The van der Waals surface area contributed by atoms with Gasteiger partial charge in [-0.05, 0) is 24.3 Å². The maximum Gasteiger partial charge on any atom is 0.0408 e. The van der Waals surface area contributed by atoms with Crippen LogP contribution < -0.4 is 4.90 Å². The van der Waals surface area contributed by atoms with Crippen LogP contribution in [-0.4, -0.2) is 7.05 Å². The molecule has 22 heavy (non-hydrogen) atoms. The van der Waals surface area contributed by atoms with Crippen molar-refractivity contribution in [2.75, 3.05) is 11.9 Å². The normalized spacial score (nSPS) is 9.14. The Morgan fingerprint density at radius 1 is 0.409 bits per heavy atom. The van der Waals surface area contributed by atoms with Crippen LogP contribution in [0.25, 0.3) is 0 Å². The van der Waals surface area contributed by atoms with Crippen molar-refractivity contribution in [1.29, 1.82) is 0 Å². The van der Waals surface area contributed by atoms with E-state index in [9.17, 15) is 0 Å². The summed E-state index contributed by atoms with van der Waals surface area (Å²) in [6.07, 6.45) is 0. The van der Waals surface area contributed by atoms with E-state index in [1.807, 2.05) is 60.7 Å². The van der Waals surface area contributed by atoms with Gasteiger partial charge in [0.05, 0.1) is 0 Å². The van der Waals surface area contributed by atoms with Crippen molar-refractivity contribution in [1.82, 2.24) is 0 Å². The fraction of sp³-hybridized carbons (Fsp3) is 0.0476. The molecule has 0 spiro atoms. The van der Waals surface area contributed by atoms with Gasteiger partial charge < -0.3 is 4.90 Å². The minimum Gasteiger partial charge on any atom is -0.345 e. The quantitative estimate of drug-likeness (QED) is 0.684. The fourth-order valence-electron chi connectivity index (χ4n) is 1.97. The number of nitrogens with zero attached hydrogens (tertiary/aromatic N) is 1. The molecule has 0 saturated carbocycles. The van der Waals surface area contributed by atoms with Crippen LogP contribution in [0.4, 0.5) is 11.4 Å². The van der Waals surface area contributed by atoms with Gasteiger partial charge in [-0.3, -0.25) is 0 Å². The van der Waals surface area contributed by atoms with E-state index in [0.29, 0.717) is 0 Å². The van der Waals surface area contributed by atoms with E-state index in [1.54, 1.807) is 0 Å². The van der Waals surface area contributed by atoms with Crippen LogP contribution in [0.1, 0.15) is 0 Å². The molecule has 0 aromatic heterocycles. The third-order valence-electron chi connectivity index (χ3n) is 3.18. The van der Waals surface area contributed by atoms with Crippen molar-refractivity contribution in [3.63, 3.8) is 0 Å². The van der Waals surface area contributed by atoms with Crippen LogP contribution in [0.15, 0.2) is 109 Å². The van der Waals surface area contributed by atoms with Crippen molar-refractivity contribution >= 4 is 11.4 Å². The van der Waals surface area contributed by atoms with Gasteiger partial charge in [-0.15, -0.1) is 0 Å². The Morgan fingerprint density at radius 3 is 0.909 bits per heavy atom.